The normalized spacial score (nSPS) is 25.5. The minimum absolute atomic E-state index is 0.0279. The lowest BCUT2D eigenvalue weighted by molar-refractivity contribution is -0.138. The molecular weight excluding hydrogens is 532 g/mol. The van der Waals surface area contributed by atoms with E-state index in [0.717, 1.165) is 98.4 Å². The first-order valence-electron chi connectivity index (χ1n) is 13.5. The Balaban J connectivity index is 1.30. The van der Waals surface area contributed by atoms with Crippen molar-refractivity contribution in [1.82, 2.24) is 20.1 Å². The van der Waals surface area contributed by atoms with Gasteiger partial charge in [-0.3, -0.25) is 4.79 Å². The molecule has 3 aromatic rings. The van der Waals surface area contributed by atoms with E-state index in [1.54, 1.807) is 6.20 Å². The van der Waals surface area contributed by atoms with E-state index < -0.39 is 0 Å². The number of amides is 1. The Morgan fingerprint density at radius 2 is 1.65 bits per heavy atom. The van der Waals surface area contributed by atoms with Crippen molar-refractivity contribution in [2.45, 2.75) is 38.5 Å². The number of aromatic nitrogens is 3. The van der Waals surface area contributed by atoms with Crippen LogP contribution >= 0.6 is 15.9 Å². The van der Waals surface area contributed by atoms with Crippen LogP contribution in [0.1, 0.15) is 38.5 Å². The van der Waals surface area contributed by atoms with Crippen LogP contribution in [0.15, 0.2) is 45.4 Å². The molecule has 9 heteroatoms. The smallest absolute Gasteiger partial charge is 0.250 e. The van der Waals surface area contributed by atoms with E-state index in [0.29, 0.717) is 29.6 Å². The van der Waals surface area contributed by atoms with Crippen molar-refractivity contribution in [3.05, 3.63) is 41.0 Å². The largest absolute Gasteiger partial charge is 0.416 e. The highest BCUT2D eigenvalue weighted by molar-refractivity contribution is 9.10. The summed E-state index contributed by atoms with van der Waals surface area (Å²) in [6, 6.07) is 10.2. The zero-order valence-corrected chi connectivity index (χ0v) is 22.5. The quantitative estimate of drug-likeness (QED) is 0.381. The zero-order valence-electron chi connectivity index (χ0n) is 20.9. The molecule has 8 heterocycles. The number of piperidine rings is 3. The van der Waals surface area contributed by atoms with Crippen LogP contribution in [-0.2, 0) is 4.79 Å². The standard InChI is InChI=1S/C28H31BrN6O2/c29-21-3-4-22-23(17-21)33-12-6-28(7-13-33)8-14-34(15-9-28)27(36)20-2-1-11-35(18-20)24-16-19(5-10-30-24)25-31-32-26(22)37-25/h3-5,10,16-17,20H,1-2,6-9,11-15,18H2. The first kappa shape index (κ1) is 23.2. The fourth-order valence-corrected chi connectivity index (χ4v) is 7.04. The molecule has 9 bridgehead atoms. The molecule has 37 heavy (non-hydrogen) atoms. The summed E-state index contributed by atoms with van der Waals surface area (Å²) in [5.74, 6) is 2.23. The molecule has 9 rings (SSSR count). The predicted octanol–water partition coefficient (Wildman–Crippen LogP) is 5.00. The third kappa shape index (κ3) is 4.21. The maximum atomic E-state index is 13.6. The van der Waals surface area contributed by atoms with E-state index in [2.05, 4.69) is 57.9 Å². The molecule has 1 unspecified atom stereocenters. The average molecular weight is 564 g/mol. The summed E-state index contributed by atoms with van der Waals surface area (Å²) in [6.45, 7) is 5.36. The number of carbonyl (C=O) groups excluding carboxylic acids is 1. The Morgan fingerprint density at radius 3 is 2.46 bits per heavy atom. The van der Waals surface area contributed by atoms with Crippen LogP contribution in [0, 0.1) is 11.3 Å². The number of hydrogen-bond acceptors (Lipinski definition) is 7. The van der Waals surface area contributed by atoms with Crippen LogP contribution in [0.5, 0.6) is 0 Å². The van der Waals surface area contributed by atoms with Gasteiger partial charge in [0.1, 0.15) is 5.82 Å². The van der Waals surface area contributed by atoms with Gasteiger partial charge in [-0.2, -0.15) is 0 Å². The minimum atomic E-state index is 0.0279. The Labute approximate surface area is 225 Å². The molecule has 3 fully saturated rings. The number of benzene rings is 1. The molecule has 0 aliphatic carbocycles. The molecule has 8 nitrogen and oxygen atoms in total. The van der Waals surface area contributed by atoms with Gasteiger partial charge in [0.05, 0.1) is 17.2 Å². The first-order valence-corrected chi connectivity index (χ1v) is 14.2. The van der Waals surface area contributed by atoms with Gasteiger partial charge in [0.15, 0.2) is 0 Å². The lowest BCUT2D eigenvalue weighted by atomic mass is 9.71. The molecule has 6 aliphatic rings. The second kappa shape index (κ2) is 9.11. The summed E-state index contributed by atoms with van der Waals surface area (Å²) in [5, 5.41) is 8.87. The number of nitrogens with zero attached hydrogens (tertiary/aromatic N) is 6. The maximum Gasteiger partial charge on any atom is 0.250 e. The van der Waals surface area contributed by atoms with E-state index in [9.17, 15) is 4.79 Å². The molecule has 3 saturated heterocycles. The third-order valence-electron chi connectivity index (χ3n) is 9.00. The van der Waals surface area contributed by atoms with Crippen LogP contribution in [0.3, 0.4) is 0 Å². The number of fused-ring (bicyclic) bond motifs is 2. The topological polar surface area (TPSA) is 78.6 Å². The molecule has 2 aromatic heterocycles. The van der Waals surface area contributed by atoms with Crippen molar-refractivity contribution in [1.29, 1.82) is 0 Å². The lowest BCUT2D eigenvalue weighted by Crippen LogP contribution is -2.51. The van der Waals surface area contributed by atoms with Crippen molar-refractivity contribution in [3.63, 3.8) is 0 Å². The van der Waals surface area contributed by atoms with Crippen LogP contribution in [-0.4, -0.2) is 65.3 Å². The van der Waals surface area contributed by atoms with E-state index >= 15 is 0 Å². The van der Waals surface area contributed by atoms with E-state index in [1.807, 2.05) is 18.2 Å². The van der Waals surface area contributed by atoms with E-state index in [1.165, 1.54) is 0 Å². The van der Waals surface area contributed by atoms with Gasteiger partial charge in [0.2, 0.25) is 17.7 Å². The number of anilines is 2. The van der Waals surface area contributed by atoms with Gasteiger partial charge < -0.3 is 19.1 Å². The Kier molecular flexibility index (Phi) is 5.71. The molecule has 6 aliphatic heterocycles. The highest BCUT2D eigenvalue weighted by Crippen LogP contribution is 2.44. The molecule has 1 aromatic carbocycles. The number of pyridine rings is 1. The second-order valence-electron chi connectivity index (χ2n) is 11.1. The Hall–Kier alpha value is -2.94. The minimum Gasteiger partial charge on any atom is -0.416 e. The number of rotatable bonds is 0. The third-order valence-corrected chi connectivity index (χ3v) is 9.50. The first-order chi connectivity index (χ1) is 18.1. The SMILES string of the molecule is O=C1C2CCCN(C2)c2cc(ccn2)-c2nnc(o2)-c2ccc(Br)cc2N2CCC3(CCN1CC3)CC2. The average Bonchev–Trinajstić information content (AvgIpc) is 3.44. The molecule has 0 N–H and O–H groups in total. The van der Waals surface area contributed by atoms with E-state index in [-0.39, 0.29) is 5.92 Å². The molecule has 1 atom stereocenters. The van der Waals surface area contributed by atoms with Crippen molar-refractivity contribution in [3.8, 4) is 22.9 Å². The van der Waals surface area contributed by atoms with Gasteiger partial charge in [-0.25, -0.2) is 4.98 Å². The fraction of sp³-hybridized carbons (Fsp3) is 0.500. The van der Waals surface area contributed by atoms with E-state index in [4.69, 9.17) is 4.42 Å². The Morgan fingerprint density at radius 1 is 0.892 bits per heavy atom. The van der Waals surface area contributed by atoms with Crippen LogP contribution in [0.4, 0.5) is 11.5 Å². The van der Waals surface area contributed by atoms with Crippen LogP contribution in [0.2, 0.25) is 0 Å². The fourth-order valence-electron chi connectivity index (χ4n) is 6.69. The summed E-state index contributed by atoms with van der Waals surface area (Å²) < 4.78 is 7.29. The summed E-state index contributed by atoms with van der Waals surface area (Å²) >= 11 is 3.67. The second-order valence-corrected chi connectivity index (χ2v) is 12.0. The lowest BCUT2D eigenvalue weighted by Gasteiger charge is -2.48. The number of hydrogen-bond donors (Lipinski definition) is 0. The maximum absolute atomic E-state index is 13.6. The van der Waals surface area contributed by atoms with Crippen molar-refractivity contribution in [2.75, 3.05) is 49.1 Å². The van der Waals surface area contributed by atoms with Gasteiger partial charge >= 0.3 is 0 Å². The highest BCUT2D eigenvalue weighted by Gasteiger charge is 2.40. The summed E-state index contributed by atoms with van der Waals surface area (Å²) in [4.78, 5) is 25.1. The monoisotopic (exact) mass is 562 g/mol. The van der Waals surface area contributed by atoms with Crippen LogP contribution < -0.4 is 9.80 Å². The number of halogens is 1. The molecule has 1 spiro atoms. The predicted molar refractivity (Wildman–Crippen MR) is 145 cm³/mol. The van der Waals surface area contributed by atoms with Crippen molar-refractivity contribution in [2.24, 2.45) is 11.3 Å². The highest BCUT2D eigenvalue weighted by atomic mass is 79.9. The summed E-state index contributed by atoms with van der Waals surface area (Å²) in [5.41, 5.74) is 3.27. The van der Waals surface area contributed by atoms with Gasteiger partial charge in [-0.15, -0.1) is 10.2 Å². The molecule has 0 radical (unpaired) electrons. The van der Waals surface area contributed by atoms with Crippen LogP contribution in [0.25, 0.3) is 22.9 Å². The molecule has 1 amide bonds. The molecule has 192 valence electrons. The summed E-state index contributed by atoms with van der Waals surface area (Å²) in [6.07, 6.45) is 8.23. The van der Waals surface area contributed by atoms with Crippen molar-refractivity contribution < 1.29 is 9.21 Å². The summed E-state index contributed by atoms with van der Waals surface area (Å²) in [7, 11) is 0. The van der Waals surface area contributed by atoms with Gasteiger partial charge in [-0.1, -0.05) is 15.9 Å². The van der Waals surface area contributed by atoms with Crippen molar-refractivity contribution >= 4 is 33.3 Å². The Bertz CT molecular complexity index is 1320. The number of carbonyl (C=O) groups is 1. The van der Waals surface area contributed by atoms with Gasteiger partial charge in [0.25, 0.3) is 0 Å². The van der Waals surface area contributed by atoms with Gasteiger partial charge in [-0.05, 0) is 74.3 Å². The molecular formula is C28H31BrN6O2. The zero-order chi connectivity index (χ0) is 25.0. The molecule has 0 saturated carbocycles. The van der Waals surface area contributed by atoms with Gasteiger partial charge in [0, 0.05) is 55.5 Å².